The maximum atomic E-state index is 12.4. The van der Waals surface area contributed by atoms with Crippen molar-refractivity contribution in [2.75, 3.05) is 5.32 Å². The molecule has 0 unspecified atom stereocenters. The average Bonchev–Trinajstić information content (AvgIpc) is 3.38. The van der Waals surface area contributed by atoms with E-state index in [1.54, 1.807) is 6.07 Å². The fourth-order valence-corrected chi connectivity index (χ4v) is 4.53. The monoisotopic (exact) mass is 436 g/mol. The molecule has 4 aromatic rings. The van der Waals surface area contributed by atoms with Gasteiger partial charge in [0.2, 0.25) is 5.91 Å². The van der Waals surface area contributed by atoms with Crippen LogP contribution in [-0.2, 0) is 25.4 Å². The number of amides is 1. The van der Waals surface area contributed by atoms with Gasteiger partial charge < -0.3 is 9.88 Å². The Kier molecular flexibility index (Phi) is 4.65. The number of rotatable bonds is 4. The molecular formula is C16H13ClN6O3S2. The molecule has 0 aliphatic carbocycles. The lowest BCUT2D eigenvalue weighted by molar-refractivity contribution is -0.116. The van der Waals surface area contributed by atoms with Crippen LogP contribution in [0.5, 0.6) is 0 Å². The number of aromatic nitrogens is 5. The van der Waals surface area contributed by atoms with Crippen LogP contribution in [0.2, 0.25) is 4.34 Å². The number of hydrogen-bond acceptors (Lipinski definition) is 7. The molecule has 4 rings (SSSR count). The second kappa shape index (κ2) is 7.00. The van der Waals surface area contributed by atoms with Crippen molar-refractivity contribution in [2.24, 2.45) is 14.1 Å². The number of fused-ring (bicyclic) bond motifs is 1. The molecule has 0 saturated carbocycles. The molecule has 0 aliphatic rings. The molecule has 1 N–H and O–H groups in total. The second-order valence-electron chi connectivity index (χ2n) is 5.94. The van der Waals surface area contributed by atoms with Crippen molar-refractivity contribution >= 4 is 56.5 Å². The predicted octanol–water partition coefficient (Wildman–Crippen LogP) is 1.91. The first kappa shape index (κ1) is 18.6. The van der Waals surface area contributed by atoms with Crippen molar-refractivity contribution in [1.82, 2.24) is 23.7 Å². The molecule has 0 bridgehead atoms. The summed E-state index contributed by atoms with van der Waals surface area (Å²) in [4.78, 5) is 46.2. The van der Waals surface area contributed by atoms with Gasteiger partial charge in [-0.3, -0.25) is 18.7 Å². The molecule has 0 radical (unpaired) electrons. The summed E-state index contributed by atoms with van der Waals surface area (Å²) >= 11 is 8.64. The Morgan fingerprint density at radius 3 is 2.75 bits per heavy atom. The lowest BCUT2D eigenvalue weighted by Gasteiger charge is -2.06. The fourth-order valence-electron chi connectivity index (χ4n) is 2.73. The van der Waals surface area contributed by atoms with Crippen LogP contribution < -0.4 is 16.6 Å². The number of aryl methyl sites for hydroxylation is 1. The van der Waals surface area contributed by atoms with Gasteiger partial charge in [0, 0.05) is 19.5 Å². The number of halogens is 1. The van der Waals surface area contributed by atoms with Gasteiger partial charge >= 0.3 is 5.69 Å². The molecule has 4 heterocycles. The van der Waals surface area contributed by atoms with E-state index >= 15 is 0 Å². The van der Waals surface area contributed by atoms with Crippen molar-refractivity contribution in [3.8, 4) is 10.6 Å². The van der Waals surface area contributed by atoms with Crippen molar-refractivity contribution in [3.05, 3.63) is 49.0 Å². The summed E-state index contributed by atoms with van der Waals surface area (Å²) in [6.07, 6.45) is 1.37. The number of hydrogen-bond donors (Lipinski definition) is 1. The van der Waals surface area contributed by atoms with Gasteiger partial charge in [-0.1, -0.05) is 11.6 Å². The van der Waals surface area contributed by atoms with Gasteiger partial charge in [-0.05, 0) is 12.1 Å². The highest BCUT2D eigenvalue weighted by atomic mass is 35.5. The summed E-state index contributed by atoms with van der Waals surface area (Å²) in [6.45, 7) is -0.135. The molecule has 28 heavy (non-hydrogen) atoms. The number of imidazole rings is 1. The van der Waals surface area contributed by atoms with E-state index in [9.17, 15) is 14.4 Å². The molecule has 0 aromatic carbocycles. The zero-order chi connectivity index (χ0) is 20.0. The van der Waals surface area contributed by atoms with Gasteiger partial charge in [-0.25, -0.2) is 14.8 Å². The highest BCUT2D eigenvalue weighted by Gasteiger charge is 2.17. The first-order valence-electron chi connectivity index (χ1n) is 7.97. The highest BCUT2D eigenvalue weighted by Crippen LogP contribution is 2.32. The van der Waals surface area contributed by atoms with Crippen molar-refractivity contribution in [2.45, 2.75) is 6.54 Å². The van der Waals surface area contributed by atoms with Crippen molar-refractivity contribution < 1.29 is 4.79 Å². The topological polar surface area (TPSA) is 104 Å². The Morgan fingerprint density at radius 2 is 2.04 bits per heavy atom. The van der Waals surface area contributed by atoms with Crippen LogP contribution in [-0.4, -0.2) is 29.6 Å². The standard InChI is InChI=1S/C16H13ClN6O3S2/c1-21-13-12(14(25)22(2)16(21)26)23(7-18-13)5-11(24)20-15-19-8(6-27-15)9-3-4-10(17)28-9/h3-4,6-7H,5H2,1-2H3,(H,19,20,24). The quantitative estimate of drug-likeness (QED) is 0.526. The summed E-state index contributed by atoms with van der Waals surface area (Å²) < 4.78 is 4.33. The minimum atomic E-state index is -0.505. The number of carbonyl (C=O) groups is 1. The molecule has 0 fully saturated rings. The minimum absolute atomic E-state index is 0.135. The van der Waals surface area contributed by atoms with Gasteiger partial charge in [0.25, 0.3) is 5.56 Å². The van der Waals surface area contributed by atoms with Crippen LogP contribution >= 0.6 is 34.3 Å². The maximum Gasteiger partial charge on any atom is 0.332 e. The number of nitrogens with zero attached hydrogens (tertiary/aromatic N) is 5. The van der Waals surface area contributed by atoms with E-state index in [1.165, 1.54) is 52.2 Å². The third-order valence-corrected chi connectivity index (χ3v) is 6.12. The molecule has 0 aliphatic heterocycles. The Bertz CT molecular complexity index is 1330. The van der Waals surface area contributed by atoms with Gasteiger partial charge in [-0.15, -0.1) is 22.7 Å². The number of thiazole rings is 1. The van der Waals surface area contributed by atoms with E-state index < -0.39 is 11.2 Å². The SMILES string of the molecule is Cn1c(=O)c2c(ncn2CC(=O)Nc2nc(-c3ccc(Cl)s3)cs2)n(C)c1=O. The molecule has 0 atom stereocenters. The van der Waals surface area contributed by atoms with Crippen molar-refractivity contribution in [1.29, 1.82) is 0 Å². The largest absolute Gasteiger partial charge is 0.332 e. The summed E-state index contributed by atoms with van der Waals surface area (Å²) in [5.41, 5.74) is 0.166. The zero-order valence-electron chi connectivity index (χ0n) is 14.7. The Labute approximate surface area is 170 Å². The zero-order valence-corrected chi connectivity index (χ0v) is 17.1. The van der Waals surface area contributed by atoms with E-state index in [-0.39, 0.29) is 23.6 Å². The average molecular weight is 437 g/mol. The molecule has 0 saturated heterocycles. The summed E-state index contributed by atoms with van der Waals surface area (Å²) in [5, 5.41) is 4.98. The molecule has 1 amide bonds. The van der Waals surface area contributed by atoms with Crippen LogP contribution in [0.3, 0.4) is 0 Å². The van der Waals surface area contributed by atoms with Crippen LogP contribution in [0, 0.1) is 0 Å². The van der Waals surface area contributed by atoms with Crippen LogP contribution in [0.15, 0.2) is 33.4 Å². The van der Waals surface area contributed by atoms with Gasteiger partial charge in [-0.2, -0.15) is 0 Å². The van der Waals surface area contributed by atoms with Crippen LogP contribution in [0.4, 0.5) is 5.13 Å². The summed E-state index contributed by atoms with van der Waals surface area (Å²) in [7, 11) is 2.91. The molecule has 144 valence electrons. The third kappa shape index (κ3) is 3.17. The van der Waals surface area contributed by atoms with E-state index in [0.717, 1.165) is 15.1 Å². The normalized spacial score (nSPS) is 11.2. The van der Waals surface area contributed by atoms with E-state index in [4.69, 9.17) is 11.6 Å². The number of carbonyl (C=O) groups excluding carboxylic acids is 1. The molecule has 12 heteroatoms. The summed E-state index contributed by atoms with van der Waals surface area (Å²) in [5.74, 6) is -0.361. The van der Waals surface area contributed by atoms with E-state index in [0.29, 0.717) is 9.47 Å². The smallest absolute Gasteiger partial charge is 0.315 e. The lowest BCUT2D eigenvalue weighted by atomic mass is 10.4. The number of nitrogens with one attached hydrogen (secondary N) is 1. The fraction of sp³-hybridized carbons (Fsp3) is 0.188. The van der Waals surface area contributed by atoms with Crippen LogP contribution in [0.25, 0.3) is 21.7 Å². The summed E-state index contributed by atoms with van der Waals surface area (Å²) in [6, 6.07) is 3.66. The van der Waals surface area contributed by atoms with Crippen molar-refractivity contribution in [3.63, 3.8) is 0 Å². The number of thiophene rings is 1. The highest BCUT2D eigenvalue weighted by molar-refractivity contribution is 7.20. The Balaban J connectivity index is 1.57. The maximum absolute atomic E-state index is 12.4. The van der Waals surface area contributed by atoms with Gasteiger partial charge in [0.15, 0.2) is 16.3 Å². The van der Waals surface area contributed by atoms with E-state index in [2.05, 4.69) is 15.3 Å². The Morgan fingerprint density at radius 1 is 1.25 bits per heavy atom. The Hall–Kier alpha value is -2.76. The van der Waals surface area contributed by atoms with Gasteiger partial charge in [0.1, 0.15) is 6.54 Å². The molecule has 4 aromatic heterocycles. The first-order chi connectivity index (χ1) is 13.3. The minimum Gasteiger partial charge on any atom is -0.315 e. The van der Waals surface area contributed by atoms with Crippen LogP contribution in [0.1, 0.15) is 0 Å². The van der Waals surface area contributed by atoms with E-state index in [1.807, 2.05) is 11.4 Å². The molecule has 0 spiro atoms. The third-order valence-electron chi connectivity index (χ3n) is 4.11. The lowest BCUT2D eigenvalue weighted by Crippen LogP contribution is -2.37. The first-order valence-corrected chi connectivity index (χ1v) is 10.0. The van der Waals surface area contributed by atoms with Gasteiger partial charge in [0.05, 0.1) is 21.2 Å². The second-order valence-corrected chi connectivity index (χ2v) is 8.51. The molecule has 9 nitrogen and oxygen atoms in total. The number of anilines is 1. The predicted molar refractivity (Wildman–Crippen MR) is 109 cm³/mol. The molecular weight excluding hydrogens is 424 g/mol.